The van der Waals surface area contributed by atoms with Gasteiger partial charge in [0, 0.05) is 11.5 Å². The molecule has 35 heavy (non-hydrogen) atoms. The summed E-state index contributed by atoms with van der Waals surface area (Å²) < 4.78 is 5.67. The minimum atomic E-state index is -1.03. The smallest absolute Gasteiger partial charge is 0.408 e. The Hall–Kier alpha value is -1.69. The Balaban J connectivity index is 2.39. The van der Waals surface area contributed by atoms with Crippen LogP contribution < -0.4 is 5.32 Å². The van der Waals surface area contributed by atoms with Crippen LogP contribution in [0.15, 0.2) is 34.9 Å². The van der Waals surface area contributed by atoms with Gasteiger partial charge in [0.1, 0.15) is 12.1 Å². The molecule has 0 aliphatic heterocycles. The Labute approximate surface area is 218 Å². The van der Waals surface area contributed by atoms with Crippen molar-refractivity contribution < 1.29 is 19.4 Å². The highest BCUT2D eigenvalue weighted by molar-refractivity contribution is 7.99. The SMILES string of the molecule is CC(C)=CCC/C(C)=C/CC/C(C)=C/CSC[C@H](NC(=O)OC1CC(C(C)C)CC[C@@H]1C)C(=O)O. The second-order valence-corrected chi connectivity index (χ2v) is 11.8. The van der Waals surface area contributed by atoms with E-state index in [0.29, 0.717) is 23.5 Å². The number of hydrogen-bond acceptors (Lipinski definition) is 4. The minimum Gasteiger partial charge on any atom is -0.480 e. The van der Waals surface area contributed by atoms with E-state index in [9.17, 15) is 14.7 Å². The summed E-state index contributed by atoms with van der Waals surface area (Å²) in [5.41, 5.74) is 4.09. The Morgan fingerprint density at radius 3 is 2.26 bits per heavy atom. The molecule has 0 aromatic carbocycles. The first-order valence-corrected chi connectivity index (χ1v) is 14.4. The summed E-state index contributed by atoms with van der Waals surface area (Å²) in [5.74, 6) is 1.42. The van der Waals surface area contributed by atoms with E-state index in [1.54, 1.807) is 0 Å². The molecule has 1 fully saturated rings. The van der Waals surface area contributed by atoms with Gasteiger partial charge in [-0.05, 0) is 90.4 Å². The second kappa shape index (κ2) is 16.9. The van der Waals surface area contributed by atoms with Gasteiger partial charge >= 0.3 is 12.1 Å². The molecule has 0 saturated heterocycles. The van der Waals surface area contributed by atoms with Crippen molar-refractivity contribution in [3.05, 3.63) is 34.9 Å². The van der Waals surface area contributed by atoms with Gasteiger partial charge in [0.15, 0.2) is 0 Å². The Morgan fingerprint density at radius 2 is 1.66 bits per heavy atom. The lowest BCUT2D eigenvalue weighted by Gasteiger charge is -2.35. The van der Waals surface area contributed by atoms with E-state index in [1.165, 1.54) is 28.5 Å². The molecule has 1 aliphatic rings. The summed E-state index contributed by atoms with van der Waals surface area (Å²) in [7, 11) is 0. The van der Waals surface area contributed by atoms with E-state index < -0.39 is 18.1 Å². The monoisotopic (exact) mass is 507 g/mol. The predicted octanol–water partition coefficient (Wildman–Crippen LogP) is 7.78. The first kappa shape index (κ1) is 31.3. The molecule has 0 aromatic rings. The number of alkyl carbamates (subject to hydrolysis) is 1. The van der Waals surface area contributed by atoms with Crippen molar-refractivity contribution in [2.45, 2.75) is 106 Å². The largest absolute Gasteiger partial charge is 0.480 e. The van der Waals surface area contributed by atoms with Gasteiger partial charge in [-0.15, -0.1) is 0 Å². The van der Waals surface area contributed by atoms with E-state index in [0.717, 1.165) is 50.7 Å². The lowest BCUT2D eigenvalue weighted by molar-refractivity contribution is -0.138. The number of carboxylic acid groups (broad SMARTS) is 1. The molecule has 6 heteroatoms. The van der Waals surface area contributed by atoms with Crippen molar-refractivity contribution >= 4 is 23.8 Å². The number of amides is 1. The molecule has 0 spiro atoms. The quantitative estimate of drug-likeness (QED) is 0.185. The lowest BCUT2D eigenvalue weighted by Crippen LogP contribution is -2.45. The van der Waals surface area contributed by atoms with E-state index in [1.807, 2.05) is 0 Å². The highest BCUT2D eigenvalue weighted by Gasteiger charge is 2.32. The number of thioether (sulfide) groups is 1. The number of hydrogen-bond donors (Lipinski definition) is 2. The van der Waals surface area contributed by atoms with Crippen LogP contribution in [0.25, 0.3) is 0 Å². The standard InChI is InChI=1S/C29H49NO4S/c1-20(2)10-8-11-22(5)12-9-13-23(6)16-17-35-19-26(28(31)32)30-29(33)34-27-18-25(21(3)4)15-14-24(27)7/h10,12,16,21,24-27H,8-9,11,13-15,17-19H2,1-7H3,(H,30,33)(H,31,32)/b22-12+,23-16+/t24-,25?,26-,27?/m0/s1. The minimum absolute atomic E-state index is 0.145. The molecule has 5 nitrogen and oxygen atoms in total. The zero-order valence-corrected chi connectivity index (χ0v) is 23.9. The van der Waals surface area contributed by atoms with E-state index in [2.05, 4.69) is 72.0 Å². The molecule has 0 aromatic heterocycles. The van der Waals surface area contributed by atoms with Gasteiger partial charge in [-0.25, -0.2) is 9.59 Å². The Morgan fingerprint density at radius 1 is 1.03 bits per heavy atom. The average Bonchev–Trinajstić information content (AvgIpc) is 2.76. The first-order chi connectivity index (χ1) is 16.5. The molecule has 2 unspecified atom stereocenters. The fourth-order valence-corrected chi connectivity index (χ4v) is 5.30. The van der Waals surface area contributed by atoms with Crippen LogP contribution in [0, 0.1) is 17.8 Å². The highest BCUT2D eigenvalue weighted by atomic mass is 32.2. The maximum Gasteiger partial charge on any atom is 0.408 e. The fourth-order valence-electron chi connectivity index (χ4n) is 4.30. The maximum absolute atomic E-state index is 12.4. The molecule has 0 radical (unpaired) electrons. The molecule has 1 aliphatic carbocycles. The summed E-state index contributed by atoms with van der Waals surface area (Å²) in [4.78, 5) is 24.1. The van der Waals surface area contributed by atoms with Gasteiger partial charge in [-0.2, -0.15) is 11.8 Å². The Bertz CT molecular complexity index is 752. The second-order valence-electron chi connectivity index (χ2n) is 10.8. The van der Waals surface area contributed by atoms with Crippen molar-refractivity contribution in [1.82, 2.24) is 5.32 Å². The number of aliphatic carboxylic acids is 1. The van der Waals surface area contributed by atoms with Crippen LogP contribution in [0.4, 0.5) is 4.79 Å². The van der Waals surface area contributed by atoms with Gasteiger partial charge in [0.25, 0.3) is 0 Å². The average molecular weight is 508 g/mol. The molecular formula is C29H49NO4S. The van der Waals surface area contributed by atoms with Gasteiger partial charge in [0.05, 0.1) is 0 Å². The molecular weight excluding hydrogens is 458 g/mol. The predicted molar refractivity (Wildman–Crippen MR) is 149 cm³/mol. The summed E-state index contributed by atoms with van der Waals surface area (Å²) in [6.45, 7) is 15.1. The van der Waals surface area contributed by atoms with Crippen molar-refractivity contribution in [3.8, 4) is 0 Å². The van der Waals surface area contributed by atoms with Crippen molar-refractivity contribution in [3.63, 3.8) is 0 Å². The number of allylic oxidation sites excluding steroid dienone is 5. The van der Waals surface area contributed by atoms with Crippen LogP contribution in [0.1, 0.15) is 93.4 Å². The molecule has 1 saturated carbocycles. The molecule has 0 heterocycles. The number of nitrogens with one attached hydrogen (secondary N) is 1. The summed E-state index contributed by atoms with van der Waals surface area (Å²) in [5, 5.41) is 12.1. The number of ether oxygens (including phenoxy) is 1. The number of rotatable bonds is 14. The molecule has 1 amide bonds. The van der Waals surface area contributed by atoms with Crippen molar-refractivity contribution in [2.75, 3.05) is 11.5 Å². The zero-order chi connectivity index (χ0) is 26.4. The molecule has 0 bridgehead atoms. The lowest BCUT2D eigenvalue weighted by atomic mass is 9.76. The number of carboxylic acids is 1. The molecule has 4 atom stereocenters. The summed E-state index contributed by atoms with van der Waals surface area (Å²) >= 11 is 1.52. The number of carbonyl (C=O) groups excluding carboxylic acids is 1. The third-order valence-corrected chi connectivity index (χ3v) is 7.88. The van der Waals surface area contributed by atoms with Crippen molar-refractivity contribution in [2.24, 2.45) is 17.8 Å². The topological polar surface area (TPSA) is 75.6 Å². The highest BCUT2D eigenvalue weighted by Crippen LogP contribution is 2.35. The van der Waals surface area contributed by atoms with Crippen LogP contribution in [-0.2, 0) is 9.53 Å². The van der Waals surface area contributed by atoms with Crippen LogP contribution in [0.3, 0.4) is 0 Å². The third-order valence-electron chi connectivity index (χ3n) is 6.91. The van der Waals surface area contributed by atoms with Gasteiger partial charge in [-0.1, -0.05) is 55.7 Å². The van der Waals surface area contributed by atoms with E-state index in [4.69, 9.17) is 4.74 Å². The van der Waals surface area contributed by atoms with Gasteiger partial charge in [-0.3, -0.25) is 0 Å². The van der Waals surface area contributed by atoms with Crippen LogP contribution in [0.5, 0.6) is 0 Å². The molecule has 1 rings (SSSR count). The van der Waals surface area contributed by atoms with E-state index in [-0.39, 0.29) is 6.10 Å². The molecule has 2 N–H and O–H groups in total. The normalized spacial score (nSPS) is 22.0. The fraction of sp³-hybridized carbons (Fsp3) is 0.724. The van der Waals surface area contributed by atoms with Crippen LogP contribution in [0.2, 0.25) is 0 Å². The van der Waals surface area contributed by atoms with Crippen LogP contribution in [-0.4, -0.2) is 40.8 Å². The van der Waals surface area contributed by atoms with Crippen molar-refractivity contribution in [1.29, 1.82) is 0 Å². The maximum atomic E-state index is 12.4. The summed E-state index contributed by atoms with van der Waals surface area (Å²) in [6, 6.07) is -0.951. The molecule has 200 valence electrons. The van der Waals surface area contributed by atoms with Gasteiger partial charge < -0.3 is 15.2 Å². The number of carbonyl (C=O) groups is 2. The zero-order valence-electron chi connectivity index (χ0n) is 23.1. The summed E-state index contributed by atoms with van der Waals surface area (Å²) in [6.07, 6.45) is 13.3. The third kappa shape index (κ3) is 13.8. The van der Waals surface area contributed by atoms with E-state index >= 15 is 0 Å². The first-order valence-electron chi connectivity index (χ1n) is 13.2. The Kier molecular flexibility index (Phi) is 15.1. The van der Waals surface area contributed by atoms with Crippen LogP contribution >= 0.6 is 11.8 Å². The van der Waals surface area contributed by atoms with Gasteiger partial charge in [0.2, 0.25) is 0 Å².